The number of carbonyl (C=O) groups is 1. The summed E-state index contributed by atoms with van der Waals surface area (Å²) in [6.07, 6.45) is 1.16. The highest BCUT2D eigenvalue weighted by molar-refractivity contribution is 6.30. The van der Waals surface area contributed by atoms with E-state index >= 15 is 0 Å². The molecule has 0 radical (unpaired) electrons. The van der Waals surface area contributed by atoms with E-state index in [0.717, 1.165) is 5.56 Å². The summed E-state index contributed by atoms with van der Waals surface area (Å²) in [5.74, 6) is 0.384. The van der Waals surface area contributed by atoms with Crippen molar-refractivity contribution >= 4 is 23.6 Å². The number of nitrogens with zero attached hydrogens (tertiary/aromatic N) is 1. The van der Waals surface area contributed by atoms with Crippen LogP contribution >= 0.6 is 11.6 Å². The Morgan fingerprint density at radius 1 is 1.19 bits per heavy atom. The molecule has 0 saturated carbocycles. The van der Waals surface area contributed by atoms with Crippen molar-refractivity contribution in [3.8, 4) is 17.6 Å². The van der Waals surface area contributed by atoms with Crippen molar-refractivity contribution < 1.29 is 19.0 Å². The SMILES string of the molecule is COc1cc(/C=C(/C#N)C(=O)OC(C)C)ccc1OCc1ccc(Cl)cc1. The van der Waals surface area contributed by atoms with Crippen molar-refractivity contribution in [1.82, 2.24) is 0 Å². The van der Waals surface area contributed by atoms with Gasteiger partial charge >= 0.3 is 5.97 Å². The zero-order chi connectivity index (χ0) is 19.8. The minimum atomic E-state index is -0.658. The normalized spacial score (nSPS) is 11.0. The molecule has 0 aliphatic rings. The molecule has 0 heterocycles. The van der Waals surface area contributed by atoms with E-state index in [1.807, 2.05) is 18.2 Å². The molecule has 2 aromatic rings. The Morgan fingerprint density at radius 2 is 1.89 bits per heavy atom. The van der Waals surface area contributed by atoms with Crippen molar-refractivity contribution in [2.45, 2.75) is 26.6 Å². The molecule has 0 amide bonds. The Hall–Kier alpha value is -2.97. The number of hydrogen-bond acceptors (Lipinski definition) is 5. The molecule has 0 saturated heterocycles. The molecule has 0 aliphatic heterocycles. The first-order chi connectivity index (χ1) is 12.9. The number of rotatable bonds is 7. The van der Waals surface area contributed by atoms with Crippen LogP contribution in [0.5, 0.6) is 11.5 Å². The van der Waals surface area contributed by atoms with E-state index in [4.69, 9.17) is 25.8 Å². The Morgan fingerprint density at radius 3 is 2.48 bits per heavy atom. The highest BCUT2D eigenvalue weighted by Gasteiger charge is 2.13. The molecule has 0 aliphatic carbocycles. The number of hydrogen-bond donors (Lipinski definition) is 0. The lowest BCUT2D eigenvalue weighted by atomic mass is 10.1. The number of benzene rings is 2. The van der Waals surface area contributed by atoms with Gasteiger partial charge in [0.1, 0.15) is 18.2 Å². The van der Waals surface area contributed by atoms with Gasteiger partial charge in [-0.3, -0.25) is 0 Å². The Kier molecular flexibility index (Phi) is 7.27. The van der Waals surface area contributed by atoms with Gasteiger partial charge in [0.2, 0.25) is 0 Å². The van der Waals surface area contributed by atoms with Gasteiger partial charge in [0.15, 0.2) is 11.5 Å². The molecular weight excluding hydrogens is 366 g/mol. The molecule has 140 valence electrons. The van der Waals surface area contributed by atoms with Crippen LogP contribution < -0.4 is 9.47 Å². The molecule has 0 bridgehead atoms. The molecule has 0 spiro atoms. The topological polar surface area (TPSA) is 68.5 Å². The van der Waals surface area contributed by atoms with E-state index in [1.54, 1.807) is 44.2 Å². The van der Waals surface area contributed by atoms with Crippen LogP contribution in [0, 0.1) is 11.3 Å². The van der Waals surface area contributed by atoms with Gasteiger partial charge in [-0.25, -0.2) is 4.79 Å². The standard InChI is InChI=1S/C21H20ClNO4/c1-14(2)27-21(24)17(12-23)10-16-6-9-19(20(11-16)25-3)26-13-15-4-7-18(22)8-5-15/h4-11,14H,13H2,1-3H3/b17-10-. The maximum Gasteiger partial charge on any atom is 0.349 e. The van der Waals surface area contributed by atoms with E-state index < -0.39 is 5.97 Å². The first kappa shape index (κ1) is 20.3. The van der Waals surface area contributed by atoms with E-state index in [2.05, 4.69) is 0 Å². The molecule has 2 rings (SSSR count). The van der Waals surface area contributed by atoms with Gasteiger partial charge < -0.3 is 14.2 Å². The zero-order valence-corrected chi connectivity index (χ0v) is 16.1. The highest BCUT2D eigenvalue weighted by Crippen LogP contribution is 2.30. The number of methoxy groups -OCH3 is 1. The Balaban J connectivity index is 2.17. The van der Waals surface area contributed by atoms with Gasteiger partial charge in [0.25, 0.3) is 0 Å². The van der Waals surface area contributed by atoms with Crippen molar-refractivity contribution in [1.29, 1.82) is 5.26 Å². The number of esters is 1. The minimum Gasteiger partial charge on any atom is -0.493 e. The monoisotopic (exact) mass is 385 g/mol. The lowest BCUT2D eigenvalue weighted by Gasteiger charge is -2.12. The van der Waals surface area contributed by atoms with Crippen LogP contribution in [0.15, 0.2) is 48.0 Å². The molecule has 0 atom stereocenters. The lowest BCUT2D eigenvalue weighted by Crippen LogP contribution is -2.12. The highest BCUT2D eigenvalue weighted by atomic mass is 35.5. The van der Waals surface area contributed by atoms with Crippen molar-refractivity contribution in [3.05, 3.63) is 64.2 Å². The summed E-state index contributed by atoms with van der Waals surface area (Å²) in [4.78, 5) is 11.9. The average Bonchev–Trinajstić information content (AvgIpc) is 2.65. The fourth-order valence-corrected chi connectivity index (χ4v) is 2.34. The molecule has 2 aromatic carbocycles. The minimum absolute atomic E-state index is 0.0828. The van der Waals surface area contributed by atoms with Gasteiger partial charge in [0, 0.05) is 5.02 Å². The van der Waals surface area contributed by atoms with E-state index in [9.17, 15) is 10.1 Å². The molecule has 27 heavy (non-hydrogen) atoms. The first-order valence-corrected chi connectivity index (χ1v) is 8.68. The third-order valence-corrected chi connectivity index (χ3v) is 3.74. The summed E-state index contributed by atoms with van der Waals surface area (Å²) in [5, 5.41) is 9.86. The van der Waals surface area contributed by atoms with Crippen LogP contribution in [0.3, 0.4) is 0 Å². The van der Waals surface area contributed by atoms with E-state index in [0.29, 0.717) is 28.7 Å². The second-order valence-corrected chi connectivity index (χ2v) is 6.39. The summed E-state index contributed by atoms with van der Waals surface area (Å²) in [5.41, 5.74) is 1.51. The summed E-state index contributed by atoms with van der Waals surface area (Å²) in [6, 6.07) is 14.4. The number of carbonyl (C=O) groups excluding carboxylic acids is 1. The third-order valence-electron chi connectivity index (χ3n) is 3.49. The lowest BCUT2D eigenvalue weighted by molar-refractivity contribution is -0.142. The summed E-state index contributed by atoms with van der Waals surface area (Å²) in [6.45, 7) is 3.80. The molecule has 0 unspecified atom stereocenters. The quantitative estimate of drug-likeness (QED) is 0.389. The Labute approximate surface area is 163 Å². The van der Waals surface area contributed by atoms with Gasteiger partial charge in [0.05, 0.1) is 13.2 Å². The van der Waals surface area contributed by atoms with Crippen LogP contribution in [-0.2, 0) is 16.1 Å². The molecule has 0 fully saturated rings. The van der Waals surface area contributed by atoms with Gasteiger partial charge in [-0.05, 0) is 55.3 Å². The largest absolute Gasteiger partial charge is 0.493 e. The molecule has 0 aromatic heterocycles. The molecule has 5 nitrogen and oxygen atoms in total. The van der Waals surface area contributed by atoms with Crippen molar-refractivity contribution in [2.24, 2.45) is 0 Å². The van der Waals surface area contributed by atoms with Crippen LogP contribution in [-0.4, -0.2) is 19.2 Å². The van der Waals surface area contributed by atoms with Crippen LogP contribution in [0.25, 0.3) is 6.08 Å². The molecule has 0 N–H and O–H groups in total. The van der Waals surface area contributed by atoms with Crippen LogP contribution in [0.2, 0.25) is 5.02 Å². The molecular formula is C21H20ClNO4. The van der Waals surface area contributed by atoms with Gasteiger partial charge in [-0.1, -0.05) is 29.8 Å². The number of ether oxygens (including phenoxy) is 3. The van der Waals surface area contributed by atoms with Gasteiger partial charge in [-0.15, -0.1) is 0 Å². The molecule has 6 heteroatoms. The van der Waals surface area contributed by atoms with Crippen LogP contribution in [0.1, 0.15) is 25.0 Å². The number of halogens is 1. The van der Waals surface area contributed by atoms with Gasteiger partial charge in [-0.2, -0.15) is 5.26 Å². The summed E-state index contributed by atoms with van der Waals surface area (Å²) >= 11 is 5.88. The van der Waals surface area contributed by atoms with E-state index in [1.165, 1.54) is 13.2 Å². The fourth-order valence-electron chi connectivity index (χ4n) is 2.22. The fraction of sp³-hybridized carbons (Fsp3) is 0.238. The maximum absolute atomic E-state index is 11.9. The summed E-state index contributed by atoms with van der Waals surface area (Å²) in [7, 11) is 1.52. The average molecular weight is 386 g/mol. The third kappa shape index (κ3) is 6.05. The Bertz CT molecular complexity index is 867. The predicted octanol–water partition coefficient (Wildman–Crippen LogP) is 4.79. The van der Waals surface area contributed by atoms with E-state index in [-0.39, 0.29) is 11.7 Å². The second kappa shape index (κ2) is 9.65. The van der Waals surface area contributed by atoms with Crippen LogP contribution in [0.4, 0.5) is 0 Å². The summed E-state index contributed by atoms with van der Waals surface area (Å²) < 4.78 is 16.2. The predicted molar refractivity (Wildman–Crippen MR) is 104 cm³/mol. The van der Waals surface area contributed by atoms with Crippen molar-refractivity contribution in [3.63, 3.8) is 0 Å². The maximum atomic E-state index is 11.9. The smallest absolute Gasteiger partial charge is 0.349 e. The number of nitriles is 1. The second-order valence-electron chi connectivity index (χ2n) is 5.95. The zero-order valence-electron chi connectivity index (χ0n) is 15.4. The van der Waals surface area contributed by atoms with Crippen molar-refractivity contribution in [2.75, 3.05) is 7.11 Å². The first-order valence-electron chi connectivity index (χ1n) is 8.31.